The second-order valence-electron chi connectivity index (χ2n) is 1.57. The molecule has 1 rings (SSSR count). The Morgan fingerprint density at radius 2 is 2.60 bits per heavy atom. The summed E-state index contributed by atoms with van der Waals surface area (Å²) in [6.07, 6.45) is 0.896. The standard InChI is InChI=1S/C6H7NO3/c1-7-6(8)10-5-3-2-4-9-5/h2-4H,1H3,(H,7,8). The highest BCUT2D eigenvalue weighted by atomic mass is 16.6. The first kappa shape index (κ1) is 6.67. The summed E-state index contributed by atoms with van der Waals surface area (Å²) in [5, 5.41) is 2.28. The molecule has 0 bridgehead atoms. The van der Waals surface area contributed by atoms with Crippen LogP contribution in [0.2, 0.25) is 0 Å². The van der Waals surface area contributed by atoms with E-state index in [1.54, 1.807) is 12.1 Å². The van der Waals surface area contributed by atoms with Crippen LogP contribution in [-0.2, 0) is 0 Å². The van der Waals surface area contributed by atoms with E-state index in [0.29, 0.717) is 0 Å². The van der Waals surface area contributed by atoms with Crippen LogP contribution in [0.25, 0.3) is 0 Å². The Bertz CT molecular complexity index is 205. The van der Waals surface area contributed by atoms with E-state index >= 15 is 0 Å². The maximum atomic E-state index is 10.5. The summed E-state index contributed by atoms with van der Waals surface area (Å²) in [5.74, 6) is 0.194. The van der Waals surface area contributed by atoms with Crippen molar-refractivity contribution >= 4 is 6.09 Å². The number of hydrogen-bond donors (Lipinski definition) is 1. The molecule has 1 heterocycles. The van der Waals surface area contributed by atoms with Gasteiger partial charge in [0.05, 0.1) is 6.26 Å². The molecule has 4 nitrogen and oxygen atoms in total. The summed E-state index contributed by atoms with van der Waals surface area (Å²) in [6.45, 7) is 0. The average Bonchev–Trinajstić information content (AvgIpc) is 2.40. The van der Waals surface area contributed by atoms with Crippen LogP contribution in [-0.4, -0.2) is 13.1 Å². The van der Waals surface area contributed by atoms with E-state index in [-0.39, 0.29) is 5.95 Å². The Morgan fingerprint density at radius 1 is 1.80 bits per heavy atom. The third kappa shape index (κ3) is 1.51. The van der Waals surface area contributed by atoms with Gasteiger partial charge in [-0.3, -0.25) is 0 Å². The number of rotatable bonds is 1. The number of carbonyl (C=O) groups is 1. The molecule has 1 aromatic rings. The molecule has 10 heavy (non-hydrogen) atoms. The summed E-state index contributed by atoms with van der Waals surface area (Å²) < 4.78 is 9.31. The Hall–Kier alpha value is -1.45. The largest absolute Gasteiger partial charge is 0.434 e. The molecule has 0 saturated carbocycles. The predicted molar refractivity (Wildman–Crippen MR) is 33.8 cm³/mol. The second-order valence-corrected chi connectivity index (χ2v) is 1.57. The molecule has 0 spiro atoms. The molecule has 0 saturated heterocycles. The molecule has 54 valence electrons. The zero-order valence-corrected chi connectivity index (χ0v) is 5.46. The number of amides is 1. The molecular weight excluding hydrogens is 134 g/mol. The number of carbonyl (C=O) groups excluding carboxylic acids is 1. The molecule has 1 amide bonds. The van der Waals surface area contributed by atoms with Gasteiger partial charge in [-0.2, -0.15) is 0 Å². The number of hydrogen-bond acceptors (Lipinski definition) is 3. The van der Waals surface area contributed by atoms with Crippen molar-refractivity contribution in [3.05, 3.63) is 18.4 Å². The third-order valence-corrected chi connectivity index (χ3v) is 0.892. The van der Waals surface area contributed by atoms with Gasteiger partial charge in [0.2, 0.25) is 0 Å². The molecule has 0 atom stereocenters. The zero-order valence-electron chi connectivity index (χ0n) is 5.46. The Labute approximate surface area is 57.8 Å². The van der Waals surface area contributed by atoms with Gasteiger partial charge in [-0.1, -0.05) is 0 Å². The first-order valence-corrected chi connectivity index (χ1v) is 2.76. The third-order valence-electron chi connectivity index (χ3n) is 0.892. The van der Waals surface area contributed by atoms with E-state index in [1.807, 2.05) is 0 Å². The minimum absolute atomic E-state index is 0.194. The van der Waals surface area contributed by atoms with E-state index in [1.165, 1.54) is 13.3 Å². The molecule has 0 aromatic carbocycles. The number of ether oxygens (including phenoxy) is 1. The van der Waals surface area contributed by atoms with Crippen molar-refractivity contribution in [2.75, 3.05) is 7.05 Å². The van der Waals surface area contributed by atoms with Crippen LogP contribution in [0, 0.1) is 0 Å². The van der Waals surface area contributed by atoms with Gasteiger partial charge in [-0.15, -0.1) is 0 Å². The van der Waals surface area contributed by atoms with E-state index in [2.05, 4.69) is 10.1 Å². The molecule has 0 unspecified atom stereocenters. The van der Waals surface area contributed by atoms with Crippen LogP contribution in [0.15, 0.2) is 22.8 Å². The van der Waals surface area contributed by atoms with Gasteiger partial charge in [-0.05, 0) is 6.07 Å². The highest BCUT2D eigenvalue weighted by Crippen LogP contribution is 2.09. The highest BCUT2D eigenvalue weighted by molar-refractivity contribution is 5.69. The molecular formula is C6H7NO3. The lowest BCUT2D eigenvalue weighted by Gasteiger charge is -1.96. The molecule has 4 heteroatoms. The lowest BCUT2D eigenvalue weighted by molar-refractivity contribution is 0.190. The number of nitrogens with one attached hydrogen (secondary N) is 1. The molecule has 0 aliphatic rings. The average molecular weight is 141 g/mol. The molecule has 1 aromatic heterocycles. The van der Waals surface area contributed by atoms with Crippen LogP contribution < -0.4 is 10.1 Å². The monoisotopic (exact) mass is 141 g/mol. The van der Waals surface area contributed by atoms with Gasteiger partial charge in [0.1, 0.15) is 0 Å². The maximum Gasteiger partial charge on any atom is 0.414 e. The quantitative estimate of drug-likeness (QED) is 0.634. The molecule has 0 aliphatic carbocycles. The van der Waals surface area contributed by atoms with E-state index in [0.717, 1.165) is 0 Å². The lowest BCUT2D eigenvalue weighted by atomic mass is 10.7. The van der Waals surface area contributed by atoms with Crippen molar-refractivity contribution in [2.45, 2.75) is 0 Å². The second kappa shape index (κ2) is 2.91. The first-order valence-electron chi connectivity index (χ1n) is 2.76. The van der Waals surface area contributed by atoms with Crippen molar-refractivity contribution in [1.82, 2.24) is 5.32 Å². The van der Waals surface area contributed by atoms with Crippen molar-refractivity contribution in [1.29, 1.82) is 0 Å². The summed E-state index contributed by atoms with van der Waals surface area (Å²) in [7, 11) is 1.48. The van der Waals surface area contributed by atoms with Crippen LogP contribution >= 0.6 is 0 Å². The Kier molecular flexibility index (Phi) is 1.94. The van der Waals surface area contributed by atoms with Crippen molar-refractivity contribution < 1.29 is 13.9 Å². The van der Waals surface area contributed by atoms with Gasteiger partial charge in [0.15, 0.2) is 0 Å². The summed E-state index contributed by atoms with van der Waals surface area (Å²) >= 11 is 0. The van der Waals surface area contributed by atoms with Gasteiger partial charge in [-0.25, -0.2) is 4.79 Å². The fourth-order valence-corrected chi connectivity index (χ4v) is 0.464. The first-order chi connectivity index (χ1) is 4.83. The number of furan rings is 1. The summed E-state index contributed by atoms with van der Waals surface area (Å²) in [6, 6.07) is 3.19. The fourth-order valence-electron chi connectivity index (χ4n) is 0.464. The minimum atomic E-state index is -0.532. The van der Waals surface area contributed by atoms with Gasteiger partial charge in [0, 0.05) is 13.1 Å². The van der Waals surface area contributed by atoms with Crippen LogP contribution in [0.5, 0.6) is 5.95 Å². The van der Waals surface area contributed by atoms with Crippen LogP contribution in [0.4, 0.5) is 4.79 Å². The Balaban J connectivity index is 2.48. The minimum Gasteiger partial charge on any atom is -0.434 e. The van der Waals surface area contributed by atoms with Gasteiger partial charge < -0.3 is 14.5 Å². The Morgan fingerprint density at radius 3 is 3.10 bits per heavy atom. The summed E-state index contributed by atoms with van der Waals surface area (Å²) in [4.78, 5) is 10.5. The van der Waals surface area contributed by atoms with E-state index in [9.17, 15) is 4.79 Å². The highest BCUT2D eigenvalue weighted by Gasteiger charge is 2.01. The van der Waals surface area contributed by atoms with Crippen LogP contribution in [0.3, 0.4) is 0 Å². The molecule has 0 aliphatic heterocycles. The zero-order chi connectivity index (χ0) is 7.40. The smallest absolute Gasteiger partial charge is 0.414 e. The normalized spacial score (nSPS) is 8.90. The SMILES string of the molecule is CNC(=O)Oc1ccco1. The van der Waals surface area contributed by atoms with Crippen molar-refractivity contribution in [3.63, 3.8) is 0 Å². The topological polar surface area (TPSA) is 51.5 Å². The summed E-state index contributed by atoms with van der Waals surface area (Å²) in [5.41, 5.74) is 0. The van der Waals surface area contributed by atoms with Crippen LogP contribution in [0.1, 0.15) is 0 Å². The van der Waals surface area contributed by atoms with Gasteiger partial charge >= 0.3 is 6.09 Å². The van der Waals surface area contributed by atoms with Crippen molar-refractivity contribution in [3.8, 4) is 5.95 Å². The van der Waals surface area contributed by atoms with E-state index < -0.39 is 6.09 Å². The maximum absolute atomic E-state index is 10.5. The fraction of sp³-hybridized carbons (Fsp3) is 0.167. The van der Waals surface area contributed by atoms with Gasteiger partial charge in [0.25, 0.3) is 5.95 Å². The molecule has 1 N–H and O–H groups in total. The predicted octanol–water partition coefficient (Wildman–Crippen LogP) is 0.998. The lowest BCUT2D eigenvalue weighted by Crippen LogP contribution is -2.21. The molecule has 0 fully saturated rings. The van der Waals surface area contributed by atoms with E-state index in [4.69, 9.17) is 4.42 Å². The van der Waals surface area contributed by atoms with Crippen molar-refractivity contribution in [2.24, 2.45) is 0 Å². The molecule has 0 radical (unpaired) electrons.